The zero-order chi connectivity index (χ0) is 18.2. The Kier molecular flexibility index (Phi) is 6.51. The summed E-state index contributed by atoms with van der Waals surface area (Å²) in [5.41, 5.74) is 0.948. The zero-order valence-corrected chi connectivity index (χ0v) is 14.3. The number of carbonyl (C=O) groups excluding carboxylic acids is 2. The number of ether oxygens (including phenoxy) is 1. The van der Waals surface area contributed by atoms with Crippen molar-refractivity contribution >= 4 is 11.8 Å². The van der Waals surface area contributed by atoms with E-state index >= 15 is 0 Å². The quantitative estimate of drug-likeness (QED) is 0.840. The number of nitrogens with zero attached hydrogens (tertiary/aromatic N) is 1. The van der Waals surface area contributed by atoms with Gasteiger partial charge in [-0.15, -0.1) is 0 Å². The van der Waals surface area contributed by atoms with E-state index in [1.807, 2.05) is 0 Å². The van der Waals surface area contributed by atoms with Crippen LogP contribution < -0.4 is 10.1 Å². The van der Waals surface area contributed by atoms with Crippen molar-refractivity contribution in [2.24, 2.45) is 0 Å². The SMILES string of the molecule is COc1ccc(C(=O)NCCN(Cc2ccccc2F)C(C)=O)cc1. The highest BCUT2D eigenvalue weighted by atomic mass is 19.1. The first-order chi connectivity index (χ1) is 12.0. The summed E-state index contributed by atoms with van der Waals surface area (Å²) in [6.07, 6.45) is 0. The summed E-state index contributed by atoms with van der Waals surface area (Å²) in [7, 11) is 1.56. The molecule has 132 valence electrons. The summed E-state index contributed by atoms with van der Waals surface area (Å²) in [6.45, 7) is 2.16. The maximum atomic E-state index is 13.7. The highest BCUT2D eigenvalue weighted by Crippen LogP contribution is 2.11. The summed E-state index contributed by atoms with van der Waals surface area (Å²) < 4.78 is 18.8. The van der Waals surface area contributed by atoms with Crippen molar-refractivity contribution in [1.82, 2.24) is 10.2 Å². The Morgan fingerprint density at radius 1 is 1.12 bits per heavy atom. The molecule has 6 heteroatoms. The Bertz CT molecular complexity index is 732. The second-order valence-corrected chi connectivity index (χ2v) is 5.52. The molecule has 0 saturated carbocycles. The summed E-state index contributed by atoms with van der Waals surface area (Å²) in [5, 5.41) is 2.75. The average Bonchev–Trinajstić information content (AvgIpc) is 2.62. The van der Waals surface area contributed by atoms with Gasteiger partial charge in [0.2, 0.25) is 5.91 Å². The fraction of sp³-hybridized carbons (Fsp3) is 0.263. The molecule has 0 radical (unpaired) electrons. The first kappa shape index (κ1) is 18.4. The van der Waals surface area contributed by atoms with Crippen LogP contribution in [0.2, 0.25) is 0 Å². The number of benzene rings is 2. The van der Waals surface area contributed by atoms with Crippen LogP contribution in [-0.2, 0) is 11.3 Å². The average molecular weight is 344 g/mol. The monoisotopic (exact) mass is 344 g/mol. The lowest BCUT2D eigenvalue weighted by Gasteiger charge is -2.21. The molecule has 2 amide bonds. The highest BCUT2D eigenvalue weighted by Gasteiger charge is 2.13. The van der Waals surface area contributed by atoms with E-state index in [0.29, 0.717) is 23.4 Å². The predicted octanol–water partition coefficient (Wildman–Crippen LogP) is 2.61. The first-order valence-corrected chi connectivity index (χ1v) is 7.92. The zero-order valence-electron chi connectivity index (χ0n) is 14.3. The number of hydrogen-bond donors (Lipinski definition) is 1. The Labute approximate surface area is 146 Å². The minimum atomic E-state index is -0.351. The minimum Gasteiger partial charge on any atom is -0.497 e. The van der Waals surface area contributed by atoms with Crippen molar-refractivity contribution in [2.75, 3.05) is 20.2 Å². The van der Waals surface area contributed by atoms with Crippen molar-refractivity contribution in [3.63, 3.8) is 0 Å². The van der Waals surface area contributed by atoms with Crippen molar-refractivity contribution in [2.45, 2.75) is 13.5 Å². The third kappa shape index (κ3) is 5.31. The van der Waals surface area contributed by atoms with Gasteiger partial charge in [-0.25, -0.2) is 4.39 Å². The molecule has 2 rings (SSSR count). The lowest BCUT2D eigenvalue weighted by Crippen LogP contribution is -2.37. The minimum absolute atomic E-state index is 0.167. The maximum absolute atomic E-state index is 13.7. The standard InChI is InChI=1S/C19H21FN2O3/c1-14(23)22(13-16-5-3-4-6-18(16)20)12-11-21-19(24)15-7-9-17(25-2)10-8-15/h3-10H,11-13H2,1-2H3,(H,21,24). The largest absolute Gasteiger partial charge is 0.497 e. The number of methoxy groups -OCH3 is 1. The molecular weight excluding hydrogens is 323 g/mol. The van der Waals surface area contributed by atoms with Gasteiger partial charge >= 0.3 is 0 Å². The molecule has 5 nitrogen and oxygen atoms in total. The van der Waals surface area contributed by atoms with Crippen molar-refractivity contribution in [3.8, 4) is 5.75 Å². The Hall–Kier alpha value is -2.89. The molecule has 0 bridgehead atoms. The number of amides is 2. The molecule has 0 unspecified atom stereocenters. The van der Waals surface area contributed by atoms with Gasteiger partial charge in [0.05, 0.1) is 7.11 Å². The van der Waals surface area contributed by atoms with Crippen molar-refractivity contribution in [1.29, 1.82) is 0 Å². The van der Waals surface area contributed by atoms with Gasteiger partial charge in [0, 0.05) is 37.7 Å². The molecule has 1 N–H and O–H groups in total. The lowest BCUT2D eigenvalue weighted by atomic mass is 10.2. The van der Waals surface area contributed by atoms with Crippen molar-refractivity contribution in [3.05, 3.63) is 65.5 Å². The second kappa shape index (κ2) is 8.82. The number of nitrogens with one attached hydrogen (secondary N) is 1. The van der Waals surface area contributed by atoms with Gasteiger partial charge in [-0.2, -0.15) is 0 Å². The van der Waals surface area contributed by atoms with E-state index in [0.717, 1.165) is 0 Å². The third-order valence-electron chi connectivity index (χ3n) is 3.78. The predicted molar refractivity (Wildman–Crippen MR) is 92.8 cm³/mol. The van der Waals surface area contributed by atoms with Crippen LogP contribution in [0.5, 0.6) is 5.75 Å². The molecule has 0 aliphatic rings. The van der Waals surface area contributed by atoms with Crippen LogP contribution in [0.4, 0.5) is 4.39 Å². The van der Waals surface area contributed by atoms with Gasteiger partial charge < -0.3 is 15.0 Å². The van der Waals surface area contributed by atoms with Gasteiger partial charge in [0.1, 0.15) is 11.6 Å². The second-order valence-electron chi connectivity index (χ2n) is 5.52. The van der Waals surface area contributed by atoms with Crippen LogP contribution in [0.25, 0.3) is 0 Å². The molecule has 25 heavy (non-hydrogen) atoms. The molecule has 2 aromatic carbocycles. The Morgan fingerprint density at radius 3 is 2.40 bits per heavy atom. The summed E-state index contributed by atoms with van der Waals surface area (Å²) in [5.74, 6) is -0.0980. The molecule has 0 saturated heterocycles. The topological polar surface area (TPSA) is 58.6 Å². The molecule has 0 aliphatic carbocycles. The first-order valence-electron chi connectivity index (χ1n) is 7.92. The molecule has 0 fully saturated rings. The van der Waals surface area contributed by atoms with Crippen LogP contribution in [-0.4, -0.2) is 36.9 Å². The van der Waals surface area contributed by atoms with Crippen LogP contribution in [0.1, 0.15) is 22.8 Å². The number of halogens is 1. The van der Waals surface area contributed by atoms with E-state index in [-0.39, 0.29) is 30.7 Å². The molecule has 0 aliphatic heterocycles. The van der Waals surface area contributed by atoms with E-state index in [4.69, 9.17) is 4.74 Å². The van der Waals surface area contributed by atoms with Crippen molar-refractivity contribution < 1.29 is 18.7 Å². The third-order valence-corrected chi connectivity index (χ3v) is 3.78. The van der Waals surface area contributed by atoms with Crippen LogP contribution in [0.15, 0.2) is 48.5 Å². The van der Waals surface area contributed by atoms with Gasteiger partial charge in [-0.3, -0.25) is 9.59 Å². The van der Waals surface area contributed by atoms with Crippen LogP contribution in [0.3, 0.4) is 0 Å². The van der Waals surface area contributed by atoms with E-state index < -0.39 is 0 Å². The molecule has 0 atom stereocenters. The van der Waals surface area contributed by atoms with E-state index in [9.17, 15) is 14.0 Å². The molecule has 0 spiro atoms. The number of rotatable bonds is 7. The van der Waals surface area contributed by atoms with Crippen LogP contribution in [0, 0.1) is 5.82 Å². The van der Waals surface area contributed by atoms with Gasteiger partial charge in [-0.05, 0) is 30.3 Å². The highest BCUT2D eigenvalue weighted by molar-refractivity contribution is 5.94. The smallest absolute Gasteiger partial charge is 0.251 e. The molecule has 0 heterocycles. The normalized spacial score (nSPS) is 10.2. The Morgan fingerprint density at radius 2 is 1.80 bits per heavy atom. The summed E-state index contributed by atoms with van der Waals surface area (Å²) in [4.78, 5) is 25.3. The molecule has 0 aromatic heterocycles. The van der Waals surface area contributed by atoms with E-state index in [2.05, 4.69) is 5.32 Å². The van der Waals surface area contributed by atoms with Crippen LogP contribution >= 0.6 is 0 Å². The molecule has 2 aromatic rings. The van der Waals surface area contributed by atoms with E-state index in [1.54, 1.807) is 49.6 Å². The fourth-order valence-corrected chi connectivity index (χ4v) is 2.33. The number of hydrogen-bond acceptors (Lipinski definition) is 3. The van der Waals surface area contributed by atoms with Gasteiger partial charge in [0.15, 0.2) is 0 Å². The fourth-order valence-electron chi connectivity index (χ4n) is 2.33. The van der Waals surface area contributed by atoms with Gasteiger partial charge in [0.25, 0.3) is 5.91 Å². The summed E-state index contributed by atoms with van der Waals surface area (Å²) in [6, 6.07) is 13.1. The summed E-state index contributed by atoms with van der Waals surface area (Å²) >= 11 is 0. The lowest BCUT2D eigenvalue weighted by molar-refractivity contribution is -0.129. The Balaban J connectivity index is 1.89. The maximum Gasteiger partial charge on any atom is 0.251 e. The number of carbonyl (C=O) groups is 2. The van der Waals surface area contributed by atoms with Gasteiger partial charge in [-0.1, -0.05) is 18.2 Å². The molecular formula is C19H21FN2O3. The van der Waals surface area contributed by atoms with E-state index in [1.165, 1.54) is 17.9 Å².